The van der Waals surface area contributed by atoms with Crippen LogP contribution in [0.3, 0.4) is 0 Å². The minimum Gasteiger partial charge on any atom is -0.369 e. The number of hydrogen-bond donors (Lipinski definition) is 1. The summed E-state index contributed by atoms with van der Waals surface area (Å²) in [6, 6.07) is 6.04. The van der Waals surface area contributed by atoms with Gasteiger partial charge in [0.2, 0.25) is 5.91 Å². The van der Waals surface area contributed by atoms with E-state index >= 15 is 0 Å². The third kappa shape index (κ3) is 4.42. The number of rotatable bonds is 4. The van der Waals surface area contributed by atoms with Gasteiger partial charge < -0.3 is 15.1 Å². The molecule has 1 N–H and O–H groups in total. The van der Waals surface area contributed by atoms with E-state index in [2.05, 4.69) is 34.1 Å². The first kappa shape index (κ1) is 22.4. The minimum atomic E-state index is -4.45. The van der Waals surface area contributed by atoms with E-state index in [0.29, 0.717) is 42.0 Å². The Morgan fingerprint density at radius 3 is 2.61 bits per heavy atom. The van der Waals surface area contributed by atoms with Crippen LogP contribution in [0.2, 0.25) is 0 Å². The number of benzene rings is 1. The fourth-order valence-corrected chi connectivity index (χ4v) is 6.37. The monoisotopic (exact) mass is 460 g/mol. The number of nitrogens with zero attached hydrogens (tertiary/aromatic N) is 3. The van der Waals surface area contributed by atoms with Crippen LogP contribution in [0, 0.1) is 23.7 Å². The lowest BCUT2D eigenvalue weighted by atomic mass is 9.60. The fraction of sp³-hybridized carbons (Fsp3) is 0.600. The largest absolute Gasteiger partial charge is 0.418 e. The van der Waals surface area contributed by atoms with E-state index in [4.69, 9.17) is 0 Å². The molecule has 2 saturated heterocycles. The molecule has 5 nitrogen and oxygen atoms in total. The summed E-state index contributed by atoms with van der Waals surface area (Å²) in [4.78, 5) is 21.4. The Kier molecular flexibility index (Phi) is 5.75. The highest BCUT2D eigenvalue weighted by Crippen LogP contribution is 2.47. The van der Waals surface area contributed by atoms with Gasteiger partial charge in [0.25, 0.3) is 0 Å². The molecule has 4 atom stereocenters. The van der Waals surface area contributed by atoms with Gasteiger partial charge in [-0.25, -0.2) is 0 Å². The number of carbonyl (C=O) groups excluding carboxylic acids is 1. The minimum absolute atomic E-state index is 0.0159. The van der Waals surface area contributed by atoms with Crippen LogP contribution >= 0.6 is 0 Å². The van der Waals surface area contributed by atoms with Gasteiger partial charge in [-0.15, -0.1) is 0 Å². The standard InChI is InChI=1S/C25H31F3N4O/c1-15-8-18(30-23(33)10-20-16-9-17(20)13-31(2)12-16)14-32(11-15)22-6-5-21(25(26,27)28)24-19(22)4-3-7-29-24/h3-7,15-18,20H,8-14H2,1-2H3,(H,30,33)/t15-,16?,17?,18+,20?/m1/s1. The lowest BCUT2D eigenvalue weighted by Crippen LogP contribution is -2.56. The molecule has 0 spiro atoms. The number of likely N-dealkylation sites (tertiary alicyclic amines) is 1. The highest BCUT2D eigenvalue weighted by atomic mass is 19.4. The predicted molar refractivity (Wildman–Crippen MR) is 122 cm³/mol. The smallest absolute Gasteiger partial charge is 0.369 e. The third-order valence-corrected chi connectivity index (χ3v) is 7.75. The molecule has 1 aliphatic carbocycles. The zero-order valence-corrected chi connectivity index (χ0v) is 19.1. The highest BCUT2D eigenvalue weighted by Gasteiger charge is 2.46. The van der Waals surface area contributed by atoms with E-state index in [9.17, 15) is 18.0 Å². The Morgan fingerprint density at radius 2 is 1.88 bits per heavy atom. The molecular weight excluding hydrogens is 429 g/mol. The molecule has 1 amide bonds. The maximum atomic E-state index is 13.5. The SMILES string of the molecule is C[C@@H]1C[C@H](NC(=O)CC2C3CC2CN(C)C3)CN(c2ccc(C(F)(F)F)c3ncccc23)C1. The van der Waals surface area contributed by atoms with E-state index in [0.717, 1.165) is 37.8 Å². The summed E-state index contributed by atoms with van der Waals surface area (Å²) in [5.41, 5.74) is 0.00437. The molecule has 2 unspecified atom stereocenters. The van der Waals surface area contributed by atoms with E-state index in [1.165, 1.54) is 12.6 Å². The first-order chi connectivity index (χ1) is 15.7. The molecule has 3 heterocycles. The van der Waals surface area contributed by atoms with Gasteiger partial charge in [-0.1, -0.05) is 6.92 Å². The lowest BCUT2D eigenvalue weighted by molar-refractivity contribution is -0.136. The summed E-state index contributed by atoms with van der Waals surface area (Å²) in [5, 5.41) is 3.74. The number of carbonyl (C=O) groups is 1. The van der Waals surface area contributed by atoms with Gasteiger partial charge in [0.05, 0.1) is 11.1 Å². The van der Waals surface area contributed by atoms with Crippen molar-refractivity contribution in [1.29, 1.82) is 0 Å². The average Bonchev–Trinajstić information content (AvgIpc) is 2.75. The molecule has 5 rings (SSSR count). The molecule has 33 heavy (non-hydrogen) atoms. The Morgan fingerprint density at radius 1 is 1.12 bits per heavy atom. The molecule has 0 radical (unpaired) electrons. The molecule has 1 aromatic heterocycles. The third-order valence-electron chi connectivity index (χ3n) is 7.75. The predicted octanol–water partition coefficient (Wildman–Crippen LogP) is 4.17. The molecule has 178 valence electrons. The molecule has 1 aromatic carbocycles. The van der Waals surface area contributed by atoms with Crippen molar-refractivity contribution in [1.82, 2.24) is 15.2 Å². The van der Waals surface area contributed by atoms with Crippen molar-refractivity contribution in [2.75, 3.05) is 38.1 Å². The van der Waals surface area contributed by atoms with Gasteiger partial charge in [-0.05, 0) is 67.8 Å². The van der Waals surface area contributed by atoms with Crippen LogP contribution in [0.4, 0.5) is 18.9 Å². The molecule has 3 aliphatic rings. The van der Waals surface area contributed by atoms with Crippen LogP contribution in [-0.4, -0.2) is 55.1 Å². The number of alkyl halides is 3. The molecule has 8 heteroatoms. The second-order valence-electron chi connectivity index (χ2n) is 10.4. The van der Waals surface area contributed by atoms with Crippen molar-refractivity contribution >= 4 is 22.5 Å². The van der Waals surface area contributed by atoms with Gasteiger partial charge in [-0.3, -0.25) is 9.78 Å². The second kappa shape index (κ2) is 8.46. The summed E-state index contributed by atoms with van der Waals surface area (Å²) in [5.74, 6) is 2.18. The van der Waals surface area contributed by atoms with Crippen LogP contribution in [0.5, 0.6) is 0 Å². The van der Waals surface area contributed by atoms with E-state index < -0.39 is 11.7 Å². The summed E-state index contributed by atoms with van der Waals surface area (Å²) >= 11 is 0. The molecular formula is C25H31F3N4O. The first-order valence-corrected chi connectivity index (χ1v) is 11.9. The van der Waals surface area contributed by atoms with Crippen LogP contribution in [-0.2, 0) is 11.0 Å². The van der Waals surface area contributed by atoms with Crippen LogP contribution < -0.4 is 10.2 Å². The summed E-state index contributed by atoms with van der Waals surface area (Å²) in [7, 11) is 2.15. The Labute approximate surface area is 192 Å². The van der Waals surface area contributed by atoms with Crippen molar-refractivity contribution in [3.8, 4) is 0 Å². The number of pyridine rings is 1. The van der Waals surface area contributed by atoms with Gasteiger partial charge in [-0.2, -0.15) is 13.2 Å². The Hall–Kier alpha value is -2.35. The number of aromatic nitrogens is 1. The quantitative estimate of drug-likeness (QED) is 0.744. The molecule has 1 saturated carbocycles. The summed E-state index contributed by atoms with van der Waals surface area (Å²) in [6.07, 6.45) is -0.353. The van der Waals surface area contributed by atoms with Crippen molar-refractivity contribution in [2.45, 2.75) is 38.4 Å². The van der Waals surface area contributed by atoms with Crippen LogP contribution in [0.1, 0.15) is 31.7 Å². The number of halogens is 3. The van der Waals surface area contributed by atoms with Crippen LogP contribution in [0.15, 0.2) is 30.5 Å². The zero-order valence-electron chi connectivity index (χ0n) is 19.1. The topological polar surface area (TPSA) is 48.5 Å². The van der Waals surface area contributed by atoms with Gasteiger partial charge >= 0.3 is 6.18 Å². The van der Waals surface area contributed by atoms with Crippen molar-refractivity contribution < 1.29 is 18.0 Å². The first-order valence-electron chi connectivity index (χ1n) is 11.9. The lowest BCUT2D eigenvalue weighted by Gasteiger charge is -2.53. The highest BCUT2D eigenvalue weighted by molar-refractivity contribution is 5.94. The van der Waals surface area contributed by atoms with Gasteiger partial charge in [0.1, 0.15) is 0 Å². The fourth-order valence-electron chi connectivity index (χ4n) is 6.37. The van der Waals surface area contributed by atoms with Crippen molar-refractivity contribution in [3.05, 3.63) is 36.0 Å². The van der Waals surface area contributed by atoms with Gasteiger partial charge in [0.15, 0.2) is 0 Å². The maximum Gasteiger partial charge on any atom is 0.418 e. The second-order valence-corrected chi connectivity index (χ2v) is 10.4. The number of nitrogens with one attached hydrogen (secondary N) is 1. The van der Waals surface area contributed by atoms with Gasteiger partial charge in [0, 0.05) is 55.9 Å². The average molecular weight is 461 g/mol. The molecule has 2 aromatic rings. The summed E-state index contributed by atoms with van der Waals surface area (Å²) in [6.45, 7) is 5.62. The number of amides is 1. The van der Waals surface area contributed by atoms with Crippen molar-refractivity contribution in [3.63, 3.8) is 0 Å². The molecule has 2 aliphatic heterocycles. The maximum absolute atomic E-state index is 13.5. The van der Waals surface area contributed by atoms with E-state index in [1.807, 2.05) is 0 Å². The number of hydrogen-bond acceptors (Lipinski definition) is 4. The Balaban J connectivity index is 1.30. The zero-order chi connectivity index (χ0) is 23.3. The summed E-state index contributed by atoms with van der Waals surface area (Å²) < 4.78 is 40.5. The molecule has 3 fully saturated rings. The molecule has 2 bridgehead atoms. The normalized spacial score (nSPS) is 30.2. The number of piperidine rings is 3. The van der Waals surface area contributed by atoms with Crippen molar-refractivity contribution in [2.24, 2.45) is 23.7 Å². The number of fused-ring (bicyclic) bond motifs is 3. The number of anilines is 1. The van der Waals surface area contributed by atoms with E-state index in [-0.39, 0.29) is 17.5 Å². The Bertz CT molecular complexity index is 1030. The van der Waals surface area contributed by atoms with E-state index in [1.54, 1.807) is 18.2 Å². The van der Waals surface area contributed by atoms with Crippen LogP contribution in [0.25, 0.3) is 10.9 Å².